The topological polar surface area (TPSA) is 76.5 Å². The summed E-state index contributed by atoms with van der Waals surface area (Å²) in [4.78, 5) is 14.5. The Bertz CT molecular complexity index is 680. The fourth-order valence-corrected chi connectivity index (χ4v) is 3.37. The number of carbonyl (C=O) groups is 1. The van der Waals surface area contributed by atoms with Crippen LogP contribution in [0.5, 0.6) is 0 Å². The van der Waals surface area contributed by atoms with Gasteiger partial charge in [0.25, 0.3) is 0 Å². The van der Waals surface area contributed by atoms with Gasteiger partial charge in [-0.3, -0.25) is 9.20 Å². The molecule has 6 heteroatoms. The van der Waals surface area contributed by atoms with Crippen molar-refractivity contribution in [2.24, 2.45) is 11.7 Å². The van der Waals surface area contributed by atoms with Crippen LogP contribution in [-0.4, -0.2) is 44.5 Å². The summed E-state index contributed by atoms with van der Waals surface area (Å²) in [5.41, 5.74) is 6.93. The van der Waals surface area contributed by atoms with Gasteiger partial charge in [0.1, 0.15) is 5.82 Å². The van der Waals surface area contributed by atoms with Gasteiger partial charge in [0.2, 0.25) is 5.91 Å². The molecule has 0 aliphatic carbocycles. The highest BCUT2D eigenvalue weighted by Gasteiger charge is 2.30. The largest absolute Gasteiger partial charge is 0.341 e. The SMILES string of the molecule is CC(C)C[C@H](N)C(=O)N1CCCC(c2nnc3ccccn23)C1. The maximum absolute atomic E-state index is 12.6. The number of nitrogens with two attached hydrogens (primary N) is 1. The van der Waals surface area contributed by atoms with Gasteiger partial charge in [-0.1, -0.05) is 19.9 Å². The fourth-order valence-electron chi connectivity index (χ4n) is 3.37. The second kappa shape index (κ2) is 6.66. The van der Waals surface area contributed by atoms with Crippen LogP contribution >= 0.6 is 0 Å². The maximum Gasteiger partial charge on any atom is 0.239 e. The standard InChI is InChI=1S/C17H25N5O/c1-12(2)10-14(18)17(23)21-8-5-6-13(11-21)16-20-19-15-7-3-4-9-22(15)16/h3-4,7,9,12-14H,5-6,8,10-11,18H2,1-2H3/t13?,14-/m0/s1. The molecular weight excluding hydrogens is 290 g/mol. The summed E-state index contributed by atoms with van der Waals surface area (Å²) in [5.74, 6) is 1.65. The third kappa shape index (κ3) is 3.37. The van der Waals surface area contributed by atoms with Crippen LogP contribution in [0.3, 0.4) is 0 Å². The summed E-state index contributed by atoms with van der Waals surface area (Å²) in [7, 11) is 0. The molecular formula is C17H25N5O. The molecule has 2 atom stereocenters. The van der Waals surface area contributed by atoms with E-state index >= 15 is 0 Å². The number of hydrogen-bond donors (Lipinski definition) is 1. The lowest BCUT2D eigenvalue weighted by molar-refractivity contribution is -0.134. The van der Waals surface area contributed by atoms with Gasteiger partial charge in [0.15, 0.2) is 5.65 Å². The number of aromatic nitrogens is 3. The van der Waals surface area contributed by atoms with Crippen molar-refractivity contribution in [3.8, 4) is 0 Å². The first-order valence-corrected chi connectivity index (χ1v) is 8.40. The Labute approximate surface area is 136 Å². The quantitative estimate of drug-likeness (QED) is 0.933. The molecule has 0 radical (unpaired) electrons. The van der Waals surface area contributed by atoms with Gasteiger partial charge < -0.3 is 10.6 Å². The predicted octanol–water partition coefficient (Wildman–Crippen LogP) is 1.81. The van der Waals surface area contributed by atoms with Gasteiger partial charge in [0, 0.05) is 25.2 Å². The van der Waals surface area contributed by atoms with Crippen LogP contribution in [0.2, 0.25) is 0 Å². The molecule has 0 bridgehead atoms. The minimum absolute atomic E-state index is 0.0669. The number of carbonyl (C=O) groups excluding carboxylic acids is 1. The van der Waals surface area contributed by atoms with Gasteiger partial charge in [0.05, 0.1) is 6.04 Å². The Balaban J connectivity index is 1.74. The minimum Gasteiger partial charge on any atom is -0.341 e. The third-order valence-electron chi connectivity index (χ3n) is 4.48. The highest BCUT2D eigenvalue weighted by molar-refractivity contribution is 5.81. The second-order valence-electron chi connectivity index (χ2n) is 6.85. The number of pyridine rings is 1. The highest BCUT2D eigenvalue weighted by Crippen LogP contribution is 2.26. The van der Waals surface area contributed by atoms with E-state index in [1.807, 2.05) is 33.7 Å². The summed E-state index contributed by atoms with van der Waals surface area (Å²) in [6, 6.07) is 5.48. The lowest BCUT2D eigenvalue weighted by atomic mass is 9.95. The van der Waals surface area contributed by atoms with Crippen LogP contribution in [0.1, 0.15) is 44.9 Å². The number of hydrogen-bond acceptors (Lipinski definition) is 4. The van der Waals surface area contributed by atoms with E-state index < -0.39 is 6.04 Å². The molecule has 0 aromatic carbocycles. The highest BCUT2D eigenvalue weighted by atomic mass is 16.2. The first kappa shape index (κ1) is 15.9. The first-order valence-electron chi connectivity index (χ1n) is 8.40. The summed E-state index contributed by atoms with van der Waals surface area (Å²) in [6.45, 7) is 5.65. The molecule has 2 aromatic heterocycles. The molecule has 1 saturated heterocycles. The van der Waals surface area contributed by atoms with E-state index in [4.69, 9.17) is 5.73 Å². The minimum atomic E-state index is -0.399. The summed E-state index contributed by atoms with van der Waals surface area (Å²) in [5, 5.41) is 8.57. The number of piperidine rings is 1. The van der Waals surface area contributed by atoms with E-state index in [-0.39, 0.29) is 11.8 Å². The number of amides is 1. The summed E-state index contributed by atoms with van der Waals surface area (Å²) in [6.07, 6.45) is 4.72. The van der Waals surface area contributed by atoms with Crippen molar-refractivity contribution in [2.75, 3.05) is 13.1 Å². The molecule has 6 nitrogen and oxygen atoms in total. The van der Waals surface area contributed by atoms with Crippen LogP contribution in [0.4, 0.5) is 0 Å². The van der Waals surface area contributed by atoms with E-state index in [1.165, 1.54) is 0 Å². The number of likely N-dealkylation sites (tertiary alicyclic amines) is 1. The molecule has 1 aliphatic rings. The van der Waals surface area contributed by atoms with Crippen molar-refractivity contribution in [1.82, 2.24) is 19.5 Å². The van der Waals surface area contributed by atoms with Crippen LogP contribution in [0, 0.1) is 5.92 Å². The lowest BCUT2D eigenvalue weighted by Crippen LogP contribution is -2.48. The average molecular weight is 315 g/mol. The summed E-state index contributed by atoms with van der Waals surface area (Å²) < 4.78 is 2.02. The number of rotatable bonds is 4. The maximum atomic E-state index is 12.6. The second-order valence-corrected chi connectivity index (χ2v) is 6.85. The molecule has 124 valence electrons. The molecule has 2 N–H and O–H groups in total. The molecule has 3 heterocycles. The zero-order valence-corrected chi connectivity index (χ0v) is 13.9. The smallest absolute Gasteiger partial charge is 0.239 e. The van der Waals surface area contributed by atoms with Crippen molar-refractivity contribution in [3.05, 3.63) is 30.2 Å². The Morgan fingerprint density at radius 3 is 3.00 bits per heavy atom. The van der Waals surface area contributed by atoms with E-state index in [2.05, 4.69) is 24.0 Å². The molecule has 1 aliphatic heterocycles. The Morgan fingerprint density at radius 2 is 2.22 bits per heavy atom. The monoisotopic (exact) mass is 315 g/mol. The van der Waals surface area contributed by atoms with Gasteiger partial charge in [-0.25, -0.2) is 0 Å². The fraction of sp³-hybridized carbons (Fsp3) is 0.588. The van der Waals surface area contributed by atoms with Gasteiger partial charge in [-0.2, -0.15) is 0 Å². The third-order valence-corrected chi connectivity index (χ3v) is 4.48. The van der Waals surface area contributed by atoms with E-state index in [0.29, 0.717) is 12.5 Å². The molecule has 1 fully saturated rings. The summed E-state index contributed by atoms with van der Waals surface area (Å²) >= 11 is 0. The zero-order chi connectivity index (χ0) is 16.4. The molecule has 1 amide bonds. The van der Waals surface area contributed by atoms with Crippen LogP contribution < -0.4 is 5.73 Å². The number of nitrogens with zero attached hydrogens (tertiary/aromatic N) is 4. The zero-order valence-electron chi connectivity index (χ0n) is 13.9. The van der Waals surface area contributed by atoms with Crippen molar-refractivity contribution in [3.63, 3.8) is 0 Å². The molecule has 3 rings (SSSR count). The van der Waals surface area contributed by atoms with Gasteiger partial charge in [-0.15, -0.1) is 10.2 Å². The van der Waals surface area contributed by atoms with Crippen molar-refractivity contribution in [2.45, 2.75) is 45.1 Å². The molecule has 2 aromatic rings. The molecule has 0 saturated carbocycles. The number of fused-ring (bicyclic) bond motifs is 1. The Hall–Kier alpha value is -1.95. The molecule has 23 heavy (non-hydrogen) atoms. The van der Waals surface area contributed by atoms with E-state index in [9.17, 15) is 4.79 Å². The van der Waals surface area contributed by atoms with Crippen LogP contribution in [0.15, 0.2) is 24.4 Å². The van der Waals surface area contributed by atoms with Gasteiger partial charge in [-0.05, 0) is 37.3 Å². The van der Waals surface area contributed by atoms with Crippen molar-refractivity contribution >= 4 is 11.6 Å². The lowest BCUT2D eigenvalue weighted by Gasteiger charge is -2.33. The Kier molecular flexibility index (Phi) is 4.61. The van der Waals surface area contributed by atoms with Crippen molar-refractivity contribution < 1.29 is 4.79 Å². The molecule has 1 unspecified atom stereocenters. The van der Waals surface area contributed by atoms with Crippen molar-refractivity contribution in [1.29, 1.82) is 0 Å². The Morgan fingerprint density at radius 1 is 1.39 bits per heavy atom. The van der Waals surface area contributed by atoms with Crippen LogP contribution in [-0.2, 0) is 4.79 Å². The first-order chi connectivity index (χ1) is 11.1. The normalized spacial score (nSPS) is 20.2. The van der Waals surface area contributed by atoms with Crippen LogP contribution in [0.25, 0.3) is 5.65 Å². The average Bonchev–Trinajstić information content (AvgIpc) is 2.97. The van der Waals surface area contributed by atoms with E-state index in [0.717, 1.165) is 37.3 Å². The van der Waals surface area contributed by atoms with E-state index in [1.54, 1.807) is 0 Å². The predicted molar refractivity (Wildman–Crippen MR) is 89.0 cm³/mol. The molecule has 0 spiro atoms. The van der Waals surface area contributed by atoms with Gasteiger partial charge >= 0.3 is 0 Å².